The molecule has 0 aromatic carbocycles. The fourth-order valence-electron chi connectivity index (χ4n) is 7.53. The Bertz CT molecular complexity index is 740. The third-order valence-electron chi connectivity index (χ3n) is 8.87. The Morgan fingerprint density at radius 1 is 1.15 bits per heavy atom. The van der Waals surface area contributed by atoms with E-state index >= 15 is 0 Å². The van der Waals surface area contributed by atoms with E-state index in [1.807, 2.05) is 0 Å². The summed E-state index contributed by atoms with van der Waals surface area (Å²) in [7, 11) is 0. The van der Waals surface area contributed by atoms with Gasteiger partial charge in [-0.2, -0.15) is 0 Å². The van der Waals surface area contributed by atoms with Crippen LogP contribution >= 0.6 is 0 Å². The van der Waals surface area contributed by atoms with Crippen molar-refractivity contribution in [3.63, 3.8) is 0 Å². The van der Waals surface area contributed by atoms with Crippen molar-refractivity contribution in [1.29, 1.82) is 0 Å². The predicted octanol–water partition coefficient (Wildman–Crippen LogP) is 5.21. The molecule has 0 unspecified atom stereocenters. The number of allylic oxidation sites excluding steroid dienone is 3. The van der Waals surface area contributed by atoms with E-state index in [1.54, 1.807) is 0 Å². The van der Waals surface area contributed by atoms with E-state index < -0.39 is 24.7 Å². The molecule has 4 rings (SSSR count). The molecule has 4 aliphatic rings. The maximum atomic E-state index is 12.6. The zero-order valence-corrected chi connectivity index (χ0v) is 20.0. The zero-order valence-electron chi connectivity index (χ0n) is 20.0. The summed E-state index contributed by atoms with van der Waals surface area (Å²) in [5, 5.41) is 19.9. The Balaban J connectivity index is 1.38. The molecule has 0 amide bonds. The largest absolute Gasteiger partial charge is 0.522 e. The average molecular weight is 472 g/mol. The molecule has 0 radical (unpaired) electrons. The third kappa shape index (κ3) is 6.03. The topological polar surface area (TPSA) is 52.9 Å². The number of hydrogen-bond donors (Lipinski definition) is 2. The highest BCUT2D eigenvalue weighted by Gasteiger charge is 2.51. The molecule has 7 heteroatoms. The molecule has 33 heavy (non-hydrogen) atoms. The van der Waals surface area contributed by atoms with Crippen molar-refractivity contribution in [2.45, 2.75) is 96.3 Å². The minimum Gasteiger partial charge on any atom is -0.393 e. The van der Waals surface area contributed by atoms with Crippen molar-refractivity contribution in [3.05, 3.63) is 23.3 Å². The van der Waals surface area contributed by atoms with Crippen molar-refractivity contribution in [2.75, 3.05) is 19.6 Å². The predicted molar refractivity (Wildman–Crippen MR) is 121 cm³/mol. The normalized spacial score (nSPS) is 41.6. The first-order valence-electron chi connectivity index (χ1n) is 12.7. The number of nitrogens with zero attached hydrogens (tertiary/aromatic N) is 1. The SMILES string of the molecule is C[C@H](CN1CC[C@H](OC(F)(F)F)C1)[C@H]1CC[C@H]2/C(=C/C=C3\C[C@@H](O)C[C@@H](O)C3)CCC[C@]12C. The van der Waals surface area contributed by atoms with Gasteiger partial charge in [0.2, 0.25) is 0 Å². The van der Waals surface area contributed by atoms with Crippen LogP contribution in [0.2, 0.25) is 0 Å². The second kappa shape index (κ2) is 10.00. The summed E-state index contributed by atoms with van der Waals surface area (Å²) in [5.41, 5.74) is 2.86. The van der Waals surface area contributed by atoms with Gasteiger partial charge in [0.05, 0.1) is 18.3 Å². The van der Waals surface area contributed by atoms with Crippen LogP contribution in [0, 0.1) is 23.2 Å². The molecule has 188 valence electrons. The van der Waals surface area contributed by atoms with Gasteiger partial charge in [-0.25, -0.2) is 0 Å². The van der Waals surface area contributed by atoms with Crippen molar-refractivity contribution < 1.29 is 28.1 Å². The van der Waals surface area contributed by atoms with Crippen LogP contribution in [0.5, 0.6) is 0 Å². The molecule has 0 aromatic heterocycles. The fourth-order valence-corrected chi connectivity index (χ4v) is 7.53. The van der Waals surface area contributed by atoms with Crippen molar-refractivity contribution in [1.82, 2.24) is 4.90 Å². The van der Waals surface area contributed by atoms with E-state index in [2.05, 4.69) is 35.6 Å². The van der Waals surface area contributed by atoms with Gasteiger partial charge in [-0.3, -0.25) is 4.74 Å². The number of halogens is 3. The average Bonchev–Trinajstić information content (AvgIpc) is 3.27. The monoisotopic (exact) mass is 471 g/mol. The molecule has 4 fully saturated rings. The molecule has 1 aliphatic heterocycles. The minimum absolute atomic E-state index is 0.231. The number of likely N-dealkylation sites (tertiary alicyclic amines) is 1. The first kappa shape index (κ1) is 25.2. The lowest BCUT2D eigenvalue weighted by molar-refractivity contribution is -0.340. The summed E-state index contributed by atoms with van der Waals surface area (Å²) in [6.07, 6.45) is 6.28. The number of ether oxygens (including phenoxy) is 1. The third-order valence-corrected chi connectivity index (χ3v) is 8.87. The molecule has 0 spiro atoms. The van der Waals surface area contributed by atoms with Gasteiger partial charge in [0.15, 0.2) is 0 Å². The Hall–Kier alpha value is -0.890. The van der Waals surface area contributed by atoms with Crippen LogP contribution < -0.4 is 0 Å². The van der Waals surface area contributed by atoms with Gasteiger partial charge < -0.3 is 15.1 Å². The standard InChI is InChI=1S/C26H40F3NO3/c1-17(15-30-11-9-22(16-30)33-26(27,28)29)23-7-8-24-19(4-3-10-25(23,24)2)6-5-18-12-20(31)14-21(32)13-18/h5-6,17,20-24,31-32H,3-4,7-16H2,1-2H3/b18-5-,19-6+/t17-,20+,21-,22+,23-,24+,25-/m1/s1. The summed E-state index contributed by atoms with van der Waals surface area (Å²) in [6, 6.07) is 0. The number of aliphatic hydroxyl groups is 2. The Morgan fingerprint density at radius 3 is 2.58 bits per heavy atom. The van der Waals surface area contributed by atoms with Gasteiger partial charge >= 0.3 is 6.36 Å². The van der Waals surface area contributed by atoms with Crippen LogP contribution in [-0.4, -0.2) is 59.4 Å². The van der Waals surface area contributed by atoms with Crippen molar-refractivity contribution in [2.24, 2.45) is 23.2 Å². The Labute approximate surface area is 195 Å². The molecule has 1 heterocycles. The zero-order chi connectivity index (χ0) is 23.8. The van der Waals surface area contributed by atoms with E-state index in [4.69, 9.17) is 0 Å². The number of alkyl halides is 3. The highest BCUT2D eigenvalue weighted by Crippen LogP contribution is 2.59. The van der Waals surface area contributed by atoms with Crippen LogP contribution in [0.3, 0.4) is 0 Å². The molecular weight excluding hydrogens is 431 g/mol. The molecule has 2 N–H and O–H groups in total. The molecule has 1 saturated heterocycles. The van der Waals surface area contributed by atoms with Gasteiger partial charge in [0.1, 0.15) is 0 Å². The second-order valence-electron chi connectivity index (χ2n) is 11.3. The molecule has 4 nitrogen and oxygen atoms in total. The maximum Gasteiger partial charge on any atom is 0.522 e. The fraction of sp³-hybridized carbons (Fsp3) is 0.846. The molecular formula is C26H40F3NO3. The van der Waals surface area contributed by atoms with Gasteiger partial charge in [-0.15, -0.1) is 13.2 Å². The molecule has 3 aliphatic carbocycles. The molecule has 3 saturated carbocycles. The number of fused-ring (bicyclic) bond motifs is 1. The van der Waals surface area contributed by atoms with E-state index in [0.29, 0.717) is 56.5 Å². The molecule has 0 aromatic rings. The van der Waals surface area contributed by atoms with Crippen LogP contribution in [0.15, 0.2) is 23.3 Å². The number of aliphatic hydroxyl groups excluding tert-OH is 2. The van der Waals surface area contributed by atoms with E-state index in [9.17, 15) is 23.4 Å². The molecule has 0 bridgehead atoms. The molecule has 7 atom stereocenters. The van der Waals surface area contributed by atoms with E-state index in [1.165, 1.54) is 31.3 Å². The Kier molecular flexibility index (Phi) is 7.64. The van der Waals surface area contributed by atoms with Crippen molar-refractivity contribution >= 4 is 0 Å². The maximum absolute atomic E-state index is 12.6. The number of rotatable bonds is 5. The first-order chi connectivity index (χ1) is 15.5. The van der Waals surface area contributed by atoms with Crippen LogP contribution in [0.4, 0.5) is 13.2 Å². The second-order valence-corrected chi connectivity index (χ2v) is 11.3. The van der Waals surface area contributed by atoms with Crippen molar-refractivity contribution in [3.8, 4) is 0 Å². The summed E-state index contributed by atoms with van der Waals surface area (Å²) in [4.78, 5) is 2.15. The summed E-state index contributed by atoms with van der Waals surface area (Å²) in [5.74, 6) is 1.56. The smallest absolute Gasteiger partial charge is 0.393 e. The summed E-state index contributed by atoms with van der Waals surface area (Å²) >= 11 is 0. The van der Waals surface area contributed by atoms with Crippen LogP contribution in [-0.2, 0) is 4.74 Å². The summed E-state index contributed by atoms with van der Waals surface area (Å²) < 4.78 is 41.9. The first-order valence-corrected chi connectivity index (χ1v) is 12.7. The Morgan fingerprint density at radius 2 is 1.88 bits per heavy atom. The quantitative estimate of drug-likeness (QED) is 0.578. The van der Waals surface area contributed by atoms with Gasteiger partial charge in [-0.1, -0.05) is 37.1 Å². The lowest BCUT2D eigenvalue weighted by Gasteiger charge is -2.45. The number of hydrogen-bond acceptors (Lipinski definition) is 4. The lowest BCUT2D eigenvalue weighted by atomic mass is 9.61. The van der Waals surface area contributed by atoms with Gasteiger partial charge in [0, 0.05) is 19.6 Å². The lowest BCUT2D eigenvalue weighted by Crippen LogP contribution is -2.39. The highest BCUT2D eigenvalue weighted by molar-refractivity contribution is 5.26. The summed E-state index contributed by atoms with van der Waals surface area (Å²) in [6.45, 7) is 6.59. The van der Waals surface area contributed by atoms with Crippen LogP contribution in [0.1, 0.15) is 71.6 Å². The van der Waals surface area contributed by atoms with E-state index in [-0.39, 0.29) is 5.41 Å². The highest BCUT2D eigenvalue weighted by atomic mass is 19.4. The van der Waals surface area contributed by atoms with Gasteiger partial charge in [-0.05, 0) is 81.0 Å². The van der Waals surface area contributed by atoms with Crippen LogP contribution in [0.25, 0.3) is 0 Å². The van der Waals surface area contributed by atoms with E-state index in [0.717, 1.165) is 18.5 Å². The van der Waals surface area contributed by atoms with Gasteiger partial charge in [0.25, 0.3) is 0 Å². The minimum atomic E-state index is -4.55.